The van der Waals surface area contributed by atoms with Crippen LogP contribution in [0.4, 0.5) is 27.6 Å². The first-order chi connectivity index (χ1) is 13.3. The maximum absolute atomic E-state index is 12.9. The quantitative estimate of drug-likeness (QED) is 0.768. The van der Waals surface area contributed by atoms with Crippen molar-refractivity contribution in [3.05, 3.63) is 58.3 Å². The third-order valence-corrected chi connectivity index (χ3v) is 4.78. The van der Waals surface area contributed by atoms with Gasteiger partial charge in [0.1, 0.15) is 5.69 Å². The smallest absolute Gasteiger partial charge is 0.370 e. The van der Waals surface area contributed by atoms with Crippen molar-refractivity contribution in [1.29, 1.82) is 0 Å². The molecule has 152 valence electrons. The lowest BCUT2D eigenvalue weighted by Gasteiger charge is -2.36. The van der Waals surface area contributed by atoms with E-state index >= 15 is 0 Å². The molecule has 0 amide bonds. The minimum absolute atomic E-state index is 0.137. The van der Waals surface area contributed by atoms with Crippen LogP contribution in [-0.2, 0) is 10.9 Å². The van der Waals surface area contributed by atoms with Gasteiger partial charge < -0.3 is 14.6 Å². The van der Waals surface area contributed by atoms with Crippen LogP contribution in [0.25, 0.3) is 0 Å². The Balaban J connectivity index is 1.70. The van der Waals surface area contributed by atoms with E-state index in [1.807, 2.05) is 4.90 Å². The summed E-state index contributed by atoms with van der Waals surface area (Å²) in [7, 11) is 0. The summed E-state index contributed by atoms with van der Waals surface area (Å²) in [5, 5.41) is 0. The molecule has 1 N–H and O–H groups in total. The molecule has 5 nitrogen and oxygen atoms in total. The second-order valence-electron chi connectivity index (χ2n) is 6.51. The van der Waals surface area contributed by atoms with Gasteiger partial charge in [0.2, 0.25) is 0 Å². The molecule has 2 aromatic heterocycles. The highest BCUT2D eigenvalue weighted by Crippen LogP contribution is 2.35. The highest BCUT2D eigenvalue weighted by molar-refractivity contribution is 5.45. The first-order valence-electron chi connectivity index (χ1n) is 8.64. The van der Waals surface area contributed by atoms with Gasteiger partial charge >= 0.3 is 12.8 Å². The predicted octanol–water partition coefficient (Wildman–Crippen LogP) is 3.99. The molecule has 0 bridgehead atoms. The van der Waals surface area contributed by atoms with Crippen LogP contribution in [0.3, 0.4) is 0 Å². The number of aromatic amines is 1. The fourth-order valence-corrected chi connectivity index (χ4v) is 3.40. The summed E-state index contributed by atoms with van der Waals surface area (Å²) >= 11 is 0. The highest BCUT2D eigenvalue weighted by atomic mass is 19.4. The first-order valence-corrected chi connectivity index (χ1v) is 8.64. The average Bonchev–Trinajstić information content (AvgIpc) is 2.66. The zero-order valence-corrected chi connectivity index (χ0v) is 14.6. The van der Waals surface area contributed by atoms with E-state index in [0.29, 0.717) is 31.6 Å². The highest BCUT2D eigenvalue weighted by Gasteiger charge is 2.34. The standard InChI is InChI=1S/C18H18F5N3O2/c19-17(20)28-16(13-10-24-6-3-14(13)27)11-4-7-26(8-5-11)12-1-2-15(25-9-12)18(21,22)23/h1-3,6,9-11,16-17H,4-5,7-8H2,(H,24,27). The lowest BCUT2D eigenvalue weighted by molar-refractivity contribution is -0.181. The molecule has 0 spiro atoms. The Kier molecular flexibility index (Phi) is 5.97. The van der Waals surface area contributed by atoms with Gasteiger partial charge in [0, 0.05) is 37.1 Å². The van der Waals surface area contributed by atoms with E-state index < -0.39 is 30.0 Å². The number of nitrogens with one attached hydrogen (secondary N) is 1. The molecule has 1 unspecified atom stereocenters. The minimum atomic E-state index is -4.51. The number of H-pyrrole nitrogens is 1. The van der Waals surface area contributed by atoms with Crippen molar-refractivity contribution in [2.75, 3.05) is 18.0 Å². The molecule has 0 aliphatic carbocycles. The molecule has 3 heterocycles. The molecule has 0 radical (unpaired) electrons. The van der Waals surface area contributed by atoms with Crippen molar-refractivity contribution in [1.82, 2.24) is 9.97 Å². The van der Waals surface area contributed by atoms with E-state index in [0.717, 1.165) is 12.3 Å². The van der Waals surface area contributed by atoms with Crippen molar-refractivity contribution in [3.8, 4) is 0 Å². The predicted molar refractivity (Wildman–Crippen MR) is 91.1 cm³/mol. The molecular weight excluding hydrogens is 385 g/mol. The Morgan fingerprint density at radius 2 is 1.89 bits per heavy atom. The van der Waals surface area contributed by atoms with Crippen molar-refractivity contribution in [2.45, 2.75) is 31.7 Å². The number of anilines is 1. The molecule has 2 aromatic rings. The van der Waals surface area contributed by atoms with Gasteiger partial charge in [-0.05, 0) is 30.9 Å². The maximum Gasteiger partial charge on any atom is 0.433 e. The molecule has 0 aromatic carbocycles. The molecule has 0 saturated carbocycles. The van der Waals surface area contributed by atoms with Gasteiger partial charge in [0.05, 0.1) is 18.0 Å². The lowest BCUT2D eigenvalue weighted by Crippen LogP contribution is -2.37. The second kappa shape index (κ2) is 8.26. The first kappa shape index (κ1) is 20.2. The summed E-state index contributed by atoms with van der Waals surface area (Å²) in [4.78, 5) is 20.0. The second-order valence-corrected chi connectivity index (χ2v) is 6.51. The van der Waals surface area contributed by atoms with Gasteiger partial charge in [-0.15, -0.1) is 0 Å². The number of alkyl halides is 5. The number of piperidine rings is 1. The van der Waals surface area contributed by atoms with Crippen LogP contribution < -0.4 is 10.3 Å². The number of ether oxygens (including phenoxy) is 1. The average molecular weight is 403 g/mol. The third-order valence-electron chi connectivity index (χ3n) is 4.78. The van der Waals surface area contributed by atoms with Gasteiger partial charge in [-0.2, -0.15) is 22.0 Å². The van der Waals surface area contributed by atoms with E-state index in [-0.39, 0.29) is 11.5 Å². The summed E-state index contributed by atoms with van der Waals surface area (Å²) in [6.45, 7) is -2.18. The summed E-state index contributed by atoms with van der Waals surface area (Å²) in [5.41, 5.74) is -0.702. The fourth-order valence-electron chi connectivity index (χ4n) is 3.40. The van der Waals surface area contributed by atoms with Crippen LogP contribution in [-0.4, -0.2) is 29.7 Å². The molecule has 28 heavy (non-hydrogen) atoms. The summed E-state index contributed by atoms with van der Waals surface area (Å²) < 4.78 is 68.4. The van der Waals surface area contributed by atoms with Gasteiger partial charge in [-0.1, -0.05) is 0 Å². The van der Waals surface area contributed by atoms with E-state index in [2.05, 4.69) is 9.97 Å². The van der Waals surface area contributed by atoms with Crippen molar-refractivity contribution >= 4 is 5.69 Å². The van der Waals surface area contributed by atoms with Crippen LogP contribution in [0.2, 0.25) is 0 Å². The zero-order chi connectivity index (χ0) is 20.3. The van der Waals surface area contributed by atoms with Gasteiger partial charge in [-0.25, -0.2) is 4.98 Å². The molecule has 1 aliphatic heterocycles. The number of halogens is 5. The van der Waals surface area contributed by atoms with E-state index in [1.165, 1.54) is 24.5 Å². The molecule has 10 heteroatoms. The molecule has 1 atom stereocenters. The van der Waals surface area contributed by atoms with Crippen molar-refractivity contribution in [2.24, 2.45) is 5.92 Å². The topological polar surface area (TPSA) is 58.2 Å². The minimum Gasteiger partial charge on any atom is -0.370 e. The normalized spacial score (nSPS) is 17.1. The number of nitrogens with zero attached hydrogens (tertiary/aromatic N) is 2. The largest absolute Gasteiger partial charge is 0.433 e. The molecule has 1 aliphatic rings. The van der Waals surface area contributed by atoms with Gasteiger partial charge in [0.15, 0.2) is 5.43 Å². The van der Waals surface area contributed by atoms with Crippen LogP contribution in [0, 0.1) is 5.92 Å². The Hall–Kier alpha value is -2.49. The van der Waals surface area contributed by atoms with Crippen molar-refractivity contribution in [3.63, 3.8) is 0 Å². The van der Waals surface area contributed by atoms with Crippen LogP contribution in [0.5, 0.6) is 0 Å². The van der Waals surface area contributed by atoms with Crippen LogP contribution in [0.15, 0.2) is 41.6 Å². The number of hydrogen-bond acceptors (Lipinski definition) is 4. The molecule has 3 rings (SSSR count). The van der Waals surface area contributed by atoms with Gasteiger partial charge in [-0.3, -0.25) is 4.79 Å². The SMILES string of the molecule is O=c1cc[nH]cc1C(OC(F)F)C1CCN(c2ccc(C(F)(F)F)nc2)CC1. The summed E-state index contributed by atoms with van der Waals surface area (Å²) in [6.07, 6.45) is -0.767. The van der Waals surface area contributed by atoms with Crippen LogP contribution in [0.1, 0.15) is 30.2 Å². The Morgan fingerprint density at radius 3 is 2.43 bits per heavy atom. The molecule has 1 fully saturated rings. The van der Waals surface area contributed by atoms with E-state index in [1.54, 1.807) is 0 Å². The lowest BCUT2D eigenvalue weighted by atomic mass is 9.87. The van der Waals surface area contributed by atoms with Gasteiger partial charge in [0.25, 0.3) is 0 Å². The summed E-state index contributed by atoms with van der Waals surface area (Å²) in [5.74, 6) is -0.323. The Morgan fingerprint density at radius 1 is 1.18 bits per heavy atom. The molecule has 1 saturated heterocycles. The maximum atomic E-state index is 12.9. The Labute approximate surface area is 157 Å². The van der Waals surface area contributed by atoms with E-state index in [4.69, 9.17) is 4.74 Å². The number of pyridine rings is 2. The van der Waals surface area contributed by atoms with Crippen LogP contribution >= 0.6 is 0 Å². The Bertz CT molecular complexity index is 830. The summed E-state index contributed by atoms with van der Waals surface area (Å²) in [6, 6.07) is 3.50. The molecular formula is C18H18F5N3O2. The number of rotatable bonds is 5. The zero-order valence-electron chi connectivity index (χ0n) is 14.6. The van der Waals surface area contributed by atoms with Crippen molar-refractivity contribution < 1.29 is 26.7 Å². The van der Waals surface area contributed by atoms with E-state index in [9.17, 15) is 26.7 Å². The third kappa shape index (κ3) is 4.67. The number of aromatic nitrogens is 2. The number of hydrogen-bond donors (Lipinski definition) is 1. The fraction of sp³-hybridized carbons (Fsp3) is 0.444. The monoisotopic (exact) mass is 403 g/mol.